The average molecular weight is 716 g/mol. The first-order chi connectivity index (χ1) is 24.7. The number of amides is 4. The monoisotopic (exact) mass is 715 g/mol. The number of pyridine rings is 1. The number of halogens is 2. The van der Waals surface area contributed by atoms with E-state index in [1.54, 1.807) is 11.0 Å². The second-order valence-corrected chi connectivity index (χ2v) is 15.2. The molecule has 276 valence electrons. The molecule has 4 atom stereocenters. The van der Waals surface area contributed by atoms with Gasteiger partial charge in [-0.1, -0.05) is 36.4 Å². The molecule has 12 heteroatoms. The number of aromatic nitrogens is 1. The Morgan fingerprint density at radius 2 is 1.83 bits per heavy atom. The molecule has 2 aliphatic heterocycles. The van der Waals surface area contributed by atoms with E-state index in [1.807, 2.05) is 33.8 Å². The minimum Gasteiger partial charge on any atom is -0.444 e. The number of fused-ring (bicyclic) bond motifs is 1. The molecule has 52 heavy (non-hydrogen) atoms. The van der Waals surface area contributed by atoms with Gasteiger partial charge in [-0.05, 0) is 100 Å². The SMILES string of the molecule is C[C@H](NC(=O)[C@@H]1C[C@@H](F)CN1C(=O)CNC(=O)c1ccc2cc(F)ccc2n1)c1cc(C2CCCN(C(=O)OC(C)(C)C)C2)ccc1/C=C/C1CC1. The first-order valence-corrected chi connectivity index (χ1v) is 18.1. The van der Waals surface area contributed by atoms with Crippen LogP contribution in [0.3, 0.4) is 0 Å². The summed E-state index contributed by atoms with van der Waals surface area (Å²) in [4.78, 5) is 59.9. The van der Waals surface area contributed by atoms with E-state index in [-0.39, 0.29) is 30.7 Å². The van der Waals surface area contributed by atoms with Gasteiger partial charge in [0.1, 0.15) is 29.3 Å². The normalized spacial score (nSPS) is 21.3. The zero-order valence-electron chi connectivity index (χ0n) is 30.2. The van der Waals surface area contributed by atoms with Crippen molar-refractivity contribution in [3.8, 4) is 0 Å². The summed E-state index contributed by atoms with van der Waals surface area (Å²) in [6.45, 7) is 7.87. The number of hydrogen-bond donors (Lipinski definition) is 2. The molecule has 0 spiro atoms. The number of carbonyl (C=O) groups excluding carboxylic acids is 4. The van der Waals surface area contributed by atoms with Crippen molar-refractivity contribution in [2.75, 3.05) is 26.2 Å². The van der Waals surface area contributed by atoms with Crippen LogP contribution in [0.15, 0.2) is 54.6 Å². The van der Waals surface area contributed by atoms with Crippen LogP contribution in [-0.4, -0.2) is 82.6 Å². The largest absolute Gasteiger partial charge is 0.444 e. The van der Waals surface area contributed by atoms with Crippen LogP contribution in [-0.2, 0) is 14.3 Å². The Morgan fingerprint density at radius 1 is 1.04 bits per heavy atom. The number of carbonyl (C=O) groups is 4. The molecule has 2 saturated heterocycles. The second kappa shape index (κ2) is 15.4. The van der Waals surface area contributed by atoms with Crippen molar-refractivity contribution in [3.05, 3.63) is 82.8 Å². The van der Waals surface area contributed by atoms with Gasteiger partial charge in [-0.2, -0.15) is 0 Å². The van der Waals surface area contributed by atoms with E-state index in [9.17, 15) is 28.0 Å². The van der Waals surface area contributed by atoms with Crippen LogP contribution in [0, 0.1) is 11.7 Å². The summed E-state index contributed by atoms with van der Waals surface area (Å²) >= 11 is 0. The number of nitrogens with one attached hydrogen (secondary N) is 2. The van der Waals surface area contributed by atoms with Gasteiger partial charge in [0, 0.05) is 30.8 Å². The summed E-state index contributed by atoms with van der Waals surface area (Å²) in [5.74, 6) is -1.49. The third-order valence-corrected chi connectivity index (χ3v) is 9.81. The highest BCUT2D eigenvalue weighted by molar-refractivity contribution is 5.97. The molecule has 0 bridgehead atoms. The maximum atomic E-state index is 14.8. The van der Waals surface area contributed by atoms with E-state index >= 15 is 0 Å². The Bertz CT molecular complexity index is 1870. The van der Waals surface area contributed by atoms with Gasteiger partial charge >= 0.3 is 6.09 Å². The predicted octanol–water partition coefficient (Wildman–Crippen LogP) is 6.46. The number of alkyl halides is 1. The van der Waals surface area contributed by atoms with Gasteiger partial charge in [-0.15, -0.1) is 0 Å². The van der Waals surface area contributed by atoms with Crippen molar-refractivity contribution >= 4 is 40.8 Å². The molecule has 1 aromatic heterocycles. The summed E-state index contributed by atoms with van der Waals surface area (Å²) in [6.07, 6.45) is 6.43. The highest BCUT2D eigenvalue weighted by Gasteiger charge is 2.40. The molecule has 2 N–H and O–H groups in total. The summed E-state index contributed by atoms with van der Waals surface area (Å²) in [6, 6.07) is 11.7. The summed E-state index contributed by atoms with van der Waals surface area (Å²) < 4.78 is 34.0. The summed E-state index contributed by atoms with van der Waals surface area (Å²) in [5.41, 5.74) is 2.78. The molecule has 4 amide bonds. The molecule has 3 fully saturated rings. The summed E-state index contributed by atoms with van der Waals surface area (Å²) in [7, 11) is 0. The van der Waals surface area contributed by atoms with E-state index in [0.29, 0.717) is 29.9 Å². The van der Waals surface area contributed by atoms with Gasteiger partial charge in [0.05, 0.1) is 24.6 Å². The average Bonchev–Trinajstić information content (AvgIpc) is 3.86. The third-order valence-electron chi connectivity index (χ3n) is 9.81. The van der Waals surface area contributed by atoms with E-state index in [0.717, 1.165) is 42.4 Å². The molecule has 0 radical (unpaired) electrons. The van der Waals surface area contributed by atoms with E-state index < -0.39 is 53.9 Å². The smallest absolute Gasteiger partial charge is 0.410 e. The highest BCUT2D eigenvalue weighted by Crippen LogP contribution is 2.34. The maximum Gasteiger partial charge on any atom is 0.410 e. The van der Waals surface area contributed by atoms with Crippen LogP contribution in [0.1, 0.15) is 98.9 Å². The zero-order valence-corrected chi connectivity index (χ0v) is 30.2. The molecule has 10 nitrogen and oxygen atoms in total. The topological polar surface area (TPSA) is 121 Å². The fourth-order valence-corrected chi connectivity index (χ4v) is 6.91. The fraction of sp³-hybridized carbons (Fsp3) is 0.475. The molecule has 3 aromatic rings. The number of ether oxygens (including phenoxy) is 1. The van der Waals surface area contributed by atoms with Crippen molar-refractivity contribution < 1.29 is 32.7 Å². The van der Waals surface area contributed by atoms with E-state index in [2.05, 4.69) is 39.9 Å². The van der Waals surface area contributed by atoms with Gasteiger partial charge in [0.2, 0.25) is 11.8 Å². The molecule has 3 heterocycles. The lowest BCUT2D eigenvalue weighted by Crippen LogP contribution is -2.49. The molecule has 6 rings (SSSR count). The van der Waals surface area contributed by atoms with Crippen LogP contribution >= 0.6 is 0 Å². The van der Waals surface area contributed by atoms with Crippen molar-refractivity contribution in [2.24, 2.45) is 5.92 Å². The third kappa shape index (κ3) is 9.13. The number of piperidine rings is 1. The minimum absolute atomic E-state index is 0.0411. The van der Waals surface area contributed by atoms with Crippen LogP contribution in [0.5, 0.6) is 0 Å². The lowest BCUT2D eigenvalue weighted by Gasteiger charge is -2.34. The fourth-order valence-electron chi connectivity index (χ4n) is 6.91. The predicted molar refractivity (Wildman–Crippen MR) is 194 cm³/mol. The Kier molecular flexibility index (Phi) is 10.9. The quantitative estimate of drug-likeness (QED) is 0.263. The van der Waals surface area contributed by atoms with Crippen LogP contribution in [0.2, 0.25) is 0 Å². The second-order valence-electron chi connectivity index (χ2n) is 15.2. The number of benzene rings is 2. The minimum atomic E-state index is -1.40. The number of nitrogens with zero attached hydrogens (tertiary/aromatic N) is 3. The van der Waals surface area contributed by atoms with Crippen LogP contribution in [0.25, 0.3) is 17.0 Å². The van der Waals surface area contributed by atoms with Gasteiger partial charge in [0.25, 0.3) is 5.91 Å². The number of likely N-dealkylation sites (tertiary alicyclic amines) is 2. The van der Waals surface area contributed by atoms with Gasteiger partial charge < -0.3 is 25.2 Å². The van der Waals surface area contributed by atoms with Gasteiger partial charge in [-0.3, -0.25) is 14.4 Å². The summed E-state index contributed by atoms with van der Waals surface area (Å²) in [5, 5.41) is 6.09. The van der Waals surface area contributed by atoms with Gasteiger partial charge in [0.15, 0.2) is 0 Å². The highest BCUT2D eigenvalue weighted by atomic mass is 19.1. The zero-order chi connectivity index (χ0) is 37.2. The molecule has 3 aliphatic rings. The first kappa shape index (κ1) is 36.9. The lowest BCUT2D eigenvalue weighted by atomic mass is 9.87. The van der Waals surface area contributed by atoms with E-state index in [1.165, 1.54) is 29.2 Å². The number of rotatable bonds is 9. The van der Waals surface area contributed by atoms with Crippen LogP contribution < -0.4 is 10.6 Å². The van der Waals surface area contributed by atoms with Crippen molar-refractivity contribution in [2.45, 2.75) is 89.6 Å². The number of hydrogen-bond acceptors (Lipinski definition) is 6. The van der Waals surface area contributed by atoms with Gasteiger partial charge in [-0.25, -0.2) is 18.6 Å². The van der Waals surface area contributed by atoms with E-state index in [4.69, 9.17) is 4.74 Å². The molecule has 2 aromatic carbocycles. The molecular weight excluding hydrogens is 668 g/mol. The van der Waals surface area contributed by atoms with Crippen molar-refractivity contribution in [1.29, 1.82) is 0 Å². The molecular formula is C40H47F2N5O5. The number of allylic oxidation sites excluding steroid dienone is 1. The molecule has 1 unspecified atom stereocenters. The van der Waals surface area contributed by atoms with Crippen LogP contribution in [0.4, 0.5) is 13.6 Å². The van der Waals surface area contributed by atoms with Crippen molar-refractivity contribution in [3.63, 3.8) is 0 Å². The molecule has 1 saturated carbocycles. The van der Waals surface area contributed by atoms with Crippen molar-refractivity contribution in [1.82, 2.24) is 25.4 Å². The Hall–Kier alpha value is -4.87. The maximum absolute atomic E-state index is 14.8. The first-order valence-electron chi connectivity index (χ1n) is 18.1. The Balaban J connectivity index is 1.13. The standard InChI is InChI=1S/C40H47F2N5O5/c1-24(32-19-27(12-11-26(32)10-9-25-7-8-25)29-6-5-17-46(22-29)39(51)52-40(2,3)4)44-38(50)35-20-31(42)23-47(35)36(48)21-43-37(49)34-15-13-28-18-30(41)14-16-33(28)45-34/h9-16,18-19,24-25,29,31,35H,5-8,17,20-23H2,1-4H3,(H,43,49)(H,44,50)/b10-9+/t24-,29?,31+,35-/m0/s1. The Labute approximate surface area is 303 Å². The Morgan fingerprint density at radius 3 is 2.58 bits per heavy atom. The lowest BCUT2D eigenvalue weighted by molar-refractivity contribution is -0.138. The molecule has 1 aliphatic carbocycles.